The molecule has 27 nitrogen and oxygen atoms in total. The molecule has 11 fully saturated rings. The summed E-state index contributed by atoms with van der Waals surface area (Å²) in [7, 11) is -32.8. The highest BCUT2D eigenvalue weighted by molar-refractivity contribution is 7.90. The van der Waals surface area contributed by atoms with Crippen LogP contribution in [-0.2, 0) is 103 Å². The van der Waals surface area contributed by atoms with Crippen molar-refractivity contribution < 1.29 is 160 Å². The molecule has 9 aliphatic carbocycles. The summed E-state index contributed by atoms with van der Waals surface area (Å²) in [5, 5.41) is -11.4. The normalized spacial score (nSPS) is 31.5. The zero-order valence-corrected chi connectivity index (χ0v) is 57.0. The van der Waals surface area contributed by atoms with E-state index in [1.54, 1.807) is 0 Å². The van der Waals surface area contributed by atoms with Crippen molar-refractivity contribution >= 4 is 84.5 Å². The summed E-state index contributed by atoms with van der Waals surface area (Å²) in [6.45, 7) is -0.895. The molecule has 0 aromatic rings. The minimum atomic E-state index is -6.61. The predicted molar refractivity (Wildman–Crippen MR) is 306 cm³/mol. The van der Waals surface area contributed by atoms with E-state index in [1.165, 1.54) is 0 Å². The first kappa shape index (κ1) is 86.3. The summed E-state index contributed by atoms with van der Waals surface area (Å²) in [6.07, 6.45) is 3.56. The van der Waals surface area contributed by atoms with E-state index in [4.69, 9.17) is 18.4 Å². The second-order valence-electron chi connectivity index (χ2n) is 25.4. The summed E-state index contributed by atoms with van der Waals surface area (Å²) < 4.78 is 329. The van der Waals surface area contributed by atoms with Gasteiger partial charge in [-0.05, 0) is 108 Å². The molecule has 11 rings (SSSR count). The van der Waals surface area contributed by atoms with Crippen molar-refractivity contribution in [2.24, 2.45) is 46.8 Å². The third-order valence-corrected chi connectivity index (χ3v) is 25.5. The van der Waals surface area contributed by atoms with Gasteiger partial charge < -0.3 is 42.3 Å². The maximum absolute atomic E-state index is 13.6. The number of fused-ring (bicyclic) bond motifs is 3. The summed E-state index contributed by atoms with van der Waals surface area (Å²) in [6, 6.07) is 0. The smallest absolute Gasteiger partial charge is 0.428 e. The lowest BCUT2D eigenvalue weighted by atomic mass is 9.48. The van der Waals surface area contributed by atoms with E-state index in [-0.39, 0.29) is 96.8 Å². The molecule has 2 saturated heterocycles. The Hall–Kier alpha value is -3.92. The summed E-state index contributed by atoms with van der Waals surface area (Å²) >= 11 is 0. The van der Waals surface area contributed by atoms with E-state index in [0.29, 0.717) is 81.4 Å². The third-order valence-electron chi connectivity index (χ3n) is 18.6. The Balaban J connectivity index is 0.000000335. The number of esters is 4. The van der Waals surface area contributed by atoms with Gasteiger partial charge >= 0.3 is 50.8 Å². The lowest BCUT2D eigenvalue weighted by Gasteiger charge is -2.59. The number of nitrogens with zero attached hydrogens (tertiary/aromatic N) is 1. The van der Waals surface area contributed by atoms with Gasteiger partial charge in [0.15, 0.2) is 30.4 Å². The molecule has 11 aliphatic rings. The minimum absolute atomic E-state index is 0. The molecular formula is C53H77F10NO26S6. The largest absolute Gasteiger partial charge is 0.748 e. The third kappa shape index (κ3) is 19.0. The number of hydrogen-bond acceptors (Lipinski definition) is 26. The zero-order chi connectivity index (χ0) is 69.2. The van der Waals surface area contributed by atoms with Crippen molar-refractivity contribution in [3.63, 3.8) is 0 Å². The van der Waals surface area contributed by atoms with Gasteiger partial charge in [0.05, 0.1) is 29.8 Å². The molecule has 556 valence electrons. The predicted octanol–water partition coefficient (Wildman–Crippen LogP) is 5.68. The Morgan fingerprint density at radius 3 is 1.59 bits per heavy atom. The molecule has 2 aliphatic heterocycles. The molecule has 0 aromatic heterocycles. The molecule has 8 bridgehead atoms. The van der Waals surface area contributed by atoms with Crippen LogP contribution in [0.1, 0.15) is 141 Å². The fourth-order valence-corrected chi connectivity index (χ4v) is 19.8. The van der Waals surface area contributed by atoms with Crippen LogP contribution in [0.25, 0.3) is 0 Å². The van der Waals surface area contributed by atoms with E-state index in [9.17, 15) is 137 Å². The van der Waals surface area contributed by atoms with Crippen LogP contribution < -0.4 is 0 Å². The Kier molecular flexibility index (Phi) is 27.3. The molecule has 2 heterocycles. The quantitative estimate of drug-likeness (QED) is 0.0382. The van der Waals surface area contributed by atoms with Gasteiger partial charge in [-0.2, -0.15) is 56.6 Å². The van der Waals surface area contributed by atoms with Crippen LogP contribution in [0.2, 0.25) is 0 Å². The number of alkyl halides is 10. The molecule has 0 aromatic carbocycles. The molecule has 11 unspecified atom stereocenters. The molecule has 96 heavy (non-hydrogen) atoms. The summed E-state index contributed by atoms with van der Waals surface area (Å²) in [5.41, 5.74) is -1.43. The van der Waals surface area contributed by atoms with Crippen molar-refractivity contribution in [1.82, 2.24) is 4.31 Å². The topological polar surface area (TPSA) is 435 Å². The van der Waals surface area contributed by atoms with Gasteiger partial charge in [-0.25, -0.2) is 46.9 Å². The molecule has 0 radical (unpaired) electrons. The summed E-state index contributed by atoms with van der Waals surface area (Å²) in [5.74, 6) is -11.7. The number of carbonyl (C=O) groups is 4. The number of piperidine rings is 1. The maximum atomic E-state index is 13.6. The van der Waals surface area contributed by atoms with Crippen molar-refractivity contribution in [2.45, 2.75) is 203 Å². The van der Waals surface area contributed by atoms with Crippen molar-refractivity contribution in [3.8, 4) is 0 Å². The van der Waals surface area contributed by atoms with Crippen molar-refractivity contribution in [3.05, 3.63) is 29.7 Å². The fraction of sp³-hybridized carbons (Fsp3) is 0.849. The average molecular weight is 1530 g/mol. The lowest BCUT2D eigenvalue weighted by molar-refractivity contribution is -0.193. The van der Waals surface area contributed by atoms with Gasteiger partial charge in [-0.3, -0.25) is 18.6 Å². The van der Waals surface area contributed by atoms with Gasteiger partial charge in [-0.15, -0.1) is 0 Å². The van der Waals surface area contributed by atoms with Crippen molar-refractivity contribution in [2.75, 3.05) is 25.4 Å². The van der Waals surface area contributed by atoms with Crippen LogP contribution in [-0.4, -0.2) is 190 Å². The number of halogens is 10. The maximum Gasteiger partial charge on any atom is 0.428 e. The second-order valence-corrected chi connectivity index (χ2v) is 35.0. The summed E-state index contributed by atoms with van der Waals surface area (Å²) in [4.78, 5) is 47.1. The highest BCUT2D eigenvalue weighted by Gasteiger charge is 2.66. The number of carbonyl (C=O) groups excluding carboxylic acids is 4. The van der Waals surface area contributed by atoms with Crippen LogP contribution in [0.15, 0.2) is 0 Å². The van der Waals surface area contributed by atoms with E-state index < -0.39 is 171 Å². The number of hydrogen-bond donors (Lipinski definition) is 1. The van der Waals surface area contributed by atoms with Gasteiger partial charge in [0.25, 0.3) is 20.1 Å². The Morgan fingerprint density at radius 1 is 0.594 bits per heavy atom. The highest BCUT2D eigenvalue weighted by atomic mass is 32.2. The Morgan fingerprint density at radius 2 is 1.10 bits per heavy atom. The molecule has 11 atom stereocenters. The zero-order valence-electron chi connectivity index (χ0n) is 52.1. The van der Waals surface area contributed by atoms with E-state index >= 15 is 0 Å². The molecule has 43 heteroatoms. The standard InChI is InChI=1S/C19H26F4O7S.C13H18F2O6S.C9H12O8S2.C8H13F4NO5S2.4CH3/c20-18(21,19(22,23)31(26,27)28)9-8-14(24)29-15-12-6-7-13(10-12)16(15)30-17(25)11-4-2-1-3-5-11;14-13(15,22(18,19)20)10(16)21-7-11-2-8-1-9(3-11)5-12(17,4-8)6-11;10-7(3-18(11,12)13)16-8-4-1-5-6(2-4)19(14,15)17-9(5)8;9-7(10,6-8(11,12)20(16,17)18)19(14,15)13-4-2-1-3-5-13;;;;/h11-13,15-16H,1-10H2,(H,26,27,28);8-9,17H,1-7H2,(H,18,19,20);4-6,8-9H,1-3H2,(H,11,12,13);1-6H2,(H,16,17,18);4*1H3/q;;;;4*+1/p-4. The monoisotopic (exact) mass is 1530 g/mol. The SMILES string of the molecule is O=C(CCC(F)(F)C(F)(F)S(=O)(=O)[O-])OC1C2CCC(C2)C1OC(=O)C1CCCCC1.O=C(CS(=O)(=O)[O-])OC1C2CC3C1OS(=O)(=O)C3C2.O=C(OCC12CC3CC(CC(O)(C3)C1)C2)C(F)(F)S(=O)(=O)[O-].O=S(=O)([O-])C(F)(F)CC(F)(F)S(=O)(=O)N1CCCCC1.[CH3+].[CH3+].[CH3+].[CH3+]. The first-order valence-electron chi connectivity index (χ1n) is 28.9. The Labute approximate surface area is 551 Å². The van der Waals surface area contributed by atoms with Gasteiger partial charge in [0.1, 0.15) is 46.7 Å². The van der Waals surface area contributed by atoms with Crippen molar-refractivity contribution in [1.29, 1.82) is 0 Å². The van der Waals surface area contributed by atoms with Gasteiger partial charge in [0.2, 0.25) is 0 Å². The van der Waals surface area contributed by atoms with Crippen LogP contribution in [0, 0.1) is 76.5 Å². The number of rotatable bonds is 20. The molecule has 0 spiro atoms. The fourth-order valence-electron chi connectivity index (χ4n) is 14.9. The lowest BCUT2D eigenvalue weighted by Crippen LogP contribution is -2.57. The number of sulfonamides is 1. The van der Waals surface area contributed by atoms with Crippen LogP contribution >= 0.6 is 0 Å². The molecule has 1 N–H and O–H groups in total. The number of aliphatic hydroxyl groups is 1. The van der Waals surface area contributed by atoms with Crippen LogP contribution in [0.3, 0.4) is 0 Å². The van der Waals surface area contributed by atoms with E-state index in [1.807, 2.05) is 0 Å². The Bertz CT molecular complexity index is 3470. The van der Waals surface area contributed by atoms with Crippen LogP contribution in [0.5, 0.6) is 0 Å². The second kappa shape index (κ2) is 30.3. The van der Waals surface area contributed by atoms with Crippen LogP contribution in [0.4, 0.5) is 43.9 Å². The van der Waals surface area contributed by atoms with E-state index in [0.717, 1.165) is 44.9 Å². The first-order chi connectivity index (χ1) is 41.8. The molecule has 9 saturated carbocycles. The van der Waals surface area contributed by atoms with Gasteiger partial charge in [0, 0.05) is 78.3 Å². The highest BCUT2D eigenvalue weighted by Crippen LogP contribution is 2.62. The molecular weight excluding hydrogens is 1450 g/mol. The van der Waals surface area contributed by atoms with Gasteiger partial charge in [-0.1, -0.05) is 25.7 Å². The first-order valence-corrected chi connectivity index (χ1v) is 37.6. The molecule has 0 amide bonds. The van der Waals surface area contributed by atoms with E-state index in [2.05, 4.69) is 4.74 Å². The average Bonchev–Trinajstić information content (AvgIpc) is 1.41. The minimum Gasteiger partial charge on any atom is -0.748 e. The number of ether oxygens (including phenoxy) is 4.